The topological polar surface area (TPSA) is 71.4 Å². The molecule has 0 amide bonds. The molecule has 6 nitrogen and oxygen atoms in total. The Morgan fingerprint density at radius 3 is 2.82 bits per heavy atom. The second kappa shape index (κ2) is 9.80. The molecule has 0 fully saturated rings. The van der Waals surface area contributed by atoms with Crippen molar-refractivity contribution in [1.29, 1.82) is 0 Å². The van der Waals surface area contributed by atoms with Crippen molar-refractivity contribution in [2.75, 3.05) is 13.6 Å². The van der Waals surface area contributed by atoms with Crippen LogP contribution in [0, 0.1) is 12.7 Å². The van der Waals surface area contributed by atoms with Crippen LogP contribution in [0.2, 0.25) is 0 Å². The summed E-state index contributed by atoms with van der Waals surface area (Å²) in [5, 5.41) is 9.67. The maximum Gasteiger partial charge on any atom is 0.219 e. The molecule has 0 aliphatic carbocycles. The van der Waals surface area contributed by atoms with Crippen molar-refractivity contribution in [3.8, 4) is 11.6 Å². The van der Waals surface area contributed by atoms with Gasteiger partial charge in [0.25, 0.3) is 0 Å². The van der Waals surface area contributed by atoms with Crippen LogP contribution < -0.4 is 15.4 Å². The largest absolute Gasteiger partial charge is 0.439 e. The quantitative estimate of drug-likeness (QED) is 0.468. The van der Waals surface area contributed by atoms with E-state index >= 15 is 0 Å². The van der Waals surface area contributed by atoms with E-state index in [-0.39, 0.29) is 5.82 Å². The van der Waals surface area contributed by atoms with Crippen molar-refractivity contribution in [3.63, 3.8) is 0 Å². The first-order valence-corrected chi connectivity index (χ1v) is 9.74. The van der Waals surface area contributed by atoms with Crippen LogP contribution in [-0.4, -0.2) is 29.5 Å². The van der Waals surface area contributed by atoms with Crippen LogP contribution in [0.3, 0.4) is 0 Å². The van der Waals surface area contributed by atoms with Gasteiger partial charge in [0, 0.05) is 50.3 Å². The standard InChI is InChI=1S/C20H22FN5OS/c1-14-26-17(13-28-14)8-9-23-20(22-2)25-12-15-6-7-19(24-11-15)27-18-5-3-4-16(21)10-18/h3-7,10-11,13H,8-9,12H2,1-2H3,(H2,22,23,25). The average Bonchev–Trinajstić information content (AvgIpc) is 3.11. The number of hydrogen-bond donors (Lipinski definition) is 2. The van der Waals surface area contributed by atoms with Gasteiger partial charge in [0.05, 0.1) is 10.7 Å². The van der Waals surface area contributed by atoms with Crippen LogP contribution in [-0.2, 0) is 13.0 Å². The molecular weight excluding hydrogens is 377 g/mol. The van der Waals surface area contributed by atoms with Crippen LogP contribution in [0.25, 0.3) is 0 Å². The second-order valence-corrected chi connectivity index (χ2v) is 7.09. The molecule has 0 aliphatic heterocycles. The molecule has 0 aliphatic rings. The van der Waals surface area contributed by atoms with E-state index < -0.39 is 0 Å². The van der Waals surface area contributed by atoms with Gasteiger partial charge in [0.15, 0.2) is 5.96 Å². The molecule has 28 heavy (non-hydrogen) atoms. The summed E-state index contributed by atoms with van der Waals surface area (Å²) in [5.74, 6) is 1.20. The van der Waals surface area contributed by atoms with E-state index in [4.69, 9.17) is 4.74 Å². The van der Waals surface area contributed by atoms with Gasteiger partial charge in [-0.05, 0) is 24.6 Å². The number of thiazole rings is 1. The molecule has 3 aromatic rings. The number of pyridine rings is 1. The Labute approximate surface area is 167 Å². The van der Waals surface area contributed by atoms with Gasteiger partial charge in [0.1, 0.15) is 11.6 Å². The fourth-order valence-electron chi connectivity index (χ4n) is 2.47. The van der Waals surface area contributed by atoms with Crippen LogP contribution in [0.5, 0.6) is 11.6 Å². The summed E-state index contributed by atoms with van der Waals surface area (Å²) in [6, 6.07) is 9.62. The van der Waals surface area contributed by atoms with Crippen molar-refractivity contribution in [2.24, 2.45) is 4.99 Å². The Morgan fingerprint density at radius 2 is 2.14 bits per heavy atom. The number of ether oxygens (including phenoxy) is 1. The molecule has 0 spiro atoms. The third-order valence-electron chi connectivity index (χ3n) is 3.84. The lowest BCUT2D eigenvalue weighted by Gasteiger charge is -2.11. The van der Waals surface area contributed by atoms with Gasteiger partial charge < -0.3 is 15.4 Å². The molecule has 8 heteroatoms. The SMILES string of the molecule is CN=C(NCCc1csc(C)n1)NCc1ccc(Oc2cccc(F)c2)nc1. The highest BCUT2D eigenvalue weighted by Crippen LogP contribution is 2.19. The first-order chi connectivity index (χ1) is 13.6. The number of nitrogens with one attached hydrogen (secondary N) is 2. The zero-order valence-electron chi connectivity index (χ0n) is 15.8. The summed E-state index contributed by atoms with van der Waals surface area (Å²) >= 11 is 1.66. The van der Waals surface area contributed by atoms with E-state index in [1.54, 1.807) is 42.8 Å². The average molecular weight is 399 g/mol. The minimum absolute atomic E-state index is 0.345. The van der Waals surface area contributed by atoms with Gasteiger partial charge in [-0.3, -0.25) is 4.99 Å². The molecule has 0 unspecified atom stereocenters. The van der Waals surface area contributed by atoms with E-state index in [9.17, 15) is 4.39 Å². The van der Waals surface area contributed by atoms with Crippen LogP contribution in [0.1, 0.15) is 16.3 Å². The zero-order valence-corrected chi connectivity index (χ0v) is 16.6. The van der Waals surface area contributed by atoms with Crippen LogP contribution >= 0.6 is 11.3 Å². The van der Waals surface area contributed by atoms with Gasteiger partial charge in [-0.2, -0.15) is 0 Å². The number of nitrogens with zero attached hydrogens (tertiary/aromatic N) is 3. The molecular formula is C20H22FN5OS. The van der Waals surface area contributed by atoms with Crippen molar-refractivity contribution in [2.45, 2.75) is 19.9 Å². The molecule has 2 N–H and O–H groups in total. The Kier molecular flexibility index (Phi) is 6.91. The third kappa shape index (κ3) is 6.02. The lowest BCUT2D eigenvalue weighted by molar-refractivity contribution is 0.457. The number of aromatic nitrogens is 2. The molecule has 0 saturated heterocycles. The van der Waals surface area contributed by atoms with E-state index in [0.717, 1.165) is 29.2 Å². The Balaban J connectivity index is 1.45. The minimum atomic E-state index is -0.345. The van der Waals surface area contributed by atoms with E-state index in [1.807, 2.05) is 13.0 Å². The molecule has 1 aromatic carbocycles. The predicted molar refractivity (Wildman–Crippen MR) is 109 cm³/mol. The number of halogens is 1. The van der Waals surface area contributed by atoms with Gasteiger partial charge >= 0.3 is 0 Å². The number of hydrogen-bond acceptors (Lipinski definition) is 5. The van der Waals surface area contributed by atoms with Crippen molar-refractivity contribution < 1.29 is 9.13 Å². The molecule has 2 aromatic heterocycles. The lowest BCUT2D eigenvalue weighted by atomic mass is 10.3. The fraction of sp³-hybridized carbons (Fsp3) is 0.250. The summed E-state index contributed by atoms with van der Waals surface area (Å²) in [6.07, 6.45) is 2.56. The highest BCUT2D eigenvalue weighted by Gasteiger charge is 2.03. The number of benzene rings is 1. The lowest BCUT2D eigenvalue weighted by Crippen LogP contribution is -2.37. The molecule has 3 rings (SSSR count). The predicted octanol–water partition coefficient (Wildman–Crippen LogP) is 3.69. The second-order valence-electron chi connectivity index (χ2n) is 6.02. The number of aliphatic imine (C=N–C) groups is 1. The molecule has 0 atom stereocenters. The van der Waals surface area contributed by atoms with Crippen LogP contribution in [0.4, 0.5) is 4.39 Å². The monoisotopic (exact) mass is 399 g/mol. The number of rotatable bonds is 7. The first kappa shape index (κ1) is 19.8. The summed E-state index contributed by atoms with van der Waals surface area (Å²) in [5.41, 5.74) is 2.06. The van der Waals surface area contributed by atoms with Gasteiger partial charge in [-0.15, -0.1) is 11.3 Å². The molecule has 0 bridgehead atoms. The van der Waals surface area contributed by atoms with Gasteiger partial charge in [0.2, 0.25) is 5.88 Å². The maximum atomic E-state index is 13.2. The summed E-state index contributed by atoms with van der Waals surface area (Å²) in [4.78, 5) is 12.9. The van der Waals surface area contributed by atoms with Gasteiger partial charge in [-0.25, -0.2) is 14.4 Å². The van der Waals surface area contributed by atoms with Gasteiger partial charge in [-0.1, -0.05) is 12.1 Å². The zero-order chi connectivity index (χ0) is 19.8. The Morgan fingerprint density at radius 1 is 1.25 bits per heavy atom. The molecule has 146 valence electrons. The summed E-state index contributed by atoms with van der Waals surface area (Å²) in [7, 11) is 1.73. The molecule has 2 heterocycles. The number of guanidine groups is 1. The minimum Gasteiger partial charge on any atom is -0.439 e. The van der Waals surface area contributed by atoms with Crippen molar-refractivity contribution in [3.05, 3.63) is 70.1 Å². The van der Waals surface area contributed by atoms with Crippen LogP contribution in [0.15, 0.2) is 53.0 Å². The van der Waals surface area contributed by atoms with E-state index in [0.29, 0.717) is 24.1 Å². The fourth-order valence-corrected chi connectivity index (χ4v) is 3.11. The summed E-state index contributed by atoms with van der Waals surface area (Å²) in [6.45, 7) is 3.33. The van der Waals surface area contributed by atoms with E-state index in [1.165, 1.54) is 12.1 Å². The third-order valence-corrected chi connectivity index (χ3v) is 4.66. The van der Waals surface area contributed by atoms with Crippen molar-refractivity contribution in [1.82, 2.24) is 20.6 Å². The number of aryl methyl sites for hydroxylation is 1. The van der Waals surface area contributed by atoms with E-state index in [2.05, 4.69) is 31.0 Å². The Bertz CT molecular complexity index is 926. The smallest absolute Gasteiger partial charge is 0.219 e. The molecule has 0 saturated carbocycles. The summed E-state index contributed by atoms with van der Waals surface area (Å²) < 4.78 is 18.7. The highest BCUT2D eigenvalue weighted by molar-refractivity contribution is 7.09. The van der Waals surface area contributed by atoms with Crippen molar-refractivity contribution >= 4 is 17.3 Å². The highest BCUT2D eigenvalue weighted by atomic mass is 32.1. The molecule has 0 radical (unpaired) electrons. The normalized spacial score (nSPS) is 11.3. The maximum absolute atomic E-state index is 13.2. The Hall–Kier alpha value is -3.00. The first-order valence-electron chi connectivity index (χ1n) is 8.86.